The standard InChI is InChI=1S/C17H15F2N3O2S/c1-24-11-4-2-3-10(5-11)8-20-16(23)9-25-17-21-14-6-12(18)13(19)7-15(14)22-17/h2-7H,8-9H2,1H3,(H,20,23)(H,21,22). The minimum absolute atomic E-state index is 0.134. The maximum atomic E-state index is 13.2. The van der Waals surface area contributed by atoms with Gasteiger partial charge in [0.25, 0.3) is 0 Å². The summed E-state index contributed by atoms with van der Waals surface area (Å²) in [6.07, 6.45) is 0. The van der Waals surface area contributed by atoms with Crippen LogP contribution in [0, 0.1) is 11.6 Å². The highest BCUT2D eigenvalue weighted by atomic mass is 32.2. The van der Waals surface area contributed by atoms with Crippen LogP contribution in [0.3, 0.4) is 0 Å². The van der Waals surface area contributed by atoms with Gasteiger partial charge in [-0.1, -0.05) is 23.9 Å². The summed E-state index contributed by atoms with van der Waals surface area (Å²) in [6, 6.07) is 9.48. The van der Waals surface area contributed by atoms with E-state index in [9.17, 15) is 13.6 Å². The van der Waals surface area contributed by atoms with Crippen molar-refractivity contribution < 1.29 is 18.3 Å². The number of amides is 1. The first-order chi connectivity index (χ1) is 12.0. The van der Waals surface area contributed by atoms with Gasteiger partial charge in [-0.05, 0) is 17.7 Å². The van der Waals surface area contributed by atoms with Crippen LogP contribution in [-0.4, -0.2) is 28.7 Å². The number of aromatic amines is 1. The van der Waals surface area contributed by atoms with E-state index in [2.05, 4.69) is 15.3 Å². The van der Waals surface area contributed by atoms with Gasteiger partial charge in [0, 0.05) is 18.7 Å². The average molecular weight is 363 g/mol. The predicted octanol–water partition coefficient (Wildman–Crippen LogP) is 3.26. The number of benzene rings is 2. The van der Waals surface area contributed by atoms with Crippen molar-refractivity contribution >= 4 is 28.7 Å². The number of rotatable bonds is 6. The lowest BCUT2D eigenvalue weighted by Gasteiger charge is -2.06. The molecule has 3 aromatic rings. The number of ether oxygens (including phenoxy) is 1. The molecule has 0 aliphatic rings. The number of halogens is 2. The summed E-state index contributed by atoms with van der Waals surface area (Å²) in [4.78, 5) is 18.9. The third kappa shape index (κ3) is 4.27. The molecule has 5 nitrogen and oxygen atoms in total. The molecule has 0 spiro atoms. The Hall–Kier alpha value is -2.61. The van der Waals surface area contributed by atoms with E-state index in [1.54, 1.807) is 7.11 Å². The maximum Gasteiger partial charge on any atom is 0.230 e. The highest BCUT2D eigenvalue weighted by Gasteiger charge is 2.10. The molecule has 1 heterocycles. The number of nitrogens with one attached hydrogen (secondary N) is 2. The Bertz CT molecular complexity index is 875. The van der Waals surface area contributed by atoms with Gasteiger partial charge in [0.05, 0.1) is 23.9 Å². The van der Waals surface area contributed by atoms with Gasteiger partial charge in [-0.15, -0.1) is 0 Å². The molecule has 0 radical (unpaired) electrons. The van der Waals surface area contributed by atoms with E-state index >= 15 is 0 Å². The molecule has 0 unspecified atom stereocenters. The van der Waals surface area contributed by atoms with Crippen LogP contribution in [-0.2, 0) is 11.3 Å². The summed E-state index contributed by atoms with van der Waals surface area (Å²) in [7, 11) is 1.58. The molecule has 2 N–H and O–H groups in total. The minimum Gasteiger partial charge on any atom is -0.497 e. The fourth-order valence-corrected chi connectivity index (χ4v) is 2.93. The van der Waals surface area contributed by atoms with E-state index in [0.29, 0.717) is 22.7 Å². The van der Waals surface area contributed by atoms with Gasteiger partial charge in [0.15, 0.2) is 16.8 Å². The van der Waals surface area contributed by atoms with E-state index in [1.807, 2.05) is 24.3 Å². The Morgan fingerprint density at radius 2 is 2.08 bits per heavy atom. The van der Waals surface area contributed by atoms with Crippen molar-refractivity contribution in [2.45, 2.75) is 11.7 Å². The molecule has 25 heavy (non-hydrogen) atoms. The monoisotopic (exact) mass is 363 g/mol. The zero-order valence-corrected chi connectivity index (χ0v) is 14.1. The second-order valence-electron chi connectivity index (χ2n) is 5.24. The number of H-pyrrole nitrogens is 1. The van der Waals surface area contributed by atoms with E-state index in [0.717, 1.165) is 35.2 Å². The topological polar surface area (TPSA) is 67.0 Å². The molecule has 0 atom stereocenters. The van der Waals surface area contributed by atoms with Crippen LogP contribution in [0.5, 0.6) is 5.75 Å². The second kappa shape index (κ2) is 7.52. The number of hydrogen-bond donors (Lipinski definition) is 2. The van der Waals surface area contributed by atoms with Gasteiger partial charge in [-0.2, -0.15) is 0 Å². The number of nitrogens with zero attached hydrogens (tertiary/aromatic N) is 1. The molecule has 0 saturated carbocycles. The molecule has 0 aliphatic carbocycles. The minimum atomic E-state index is -0.952. The first-order valence-corrected chi connectivity index (χ1v) is 8.41. The number of carbonyl (C=O) groups is 1. The molecule has 8 heteroatoms. The summed E-state index contributed by atoms with van der Waals surface area (Å²) in [5.41, 5.74) is 1.63. The fourth-order valence-electron chi connectivity index (χ4n) is 2.22. The second-order valence-corrected chi connectivity index (χ2v) is 6.21. The van der Waals surface area contributed by atoms with Gasteiger partial charge in [0.2, 0.25) is 5.91 Å². The zero-order chi connectivity index (χ0) is 17.8. The van der Waals surface area contributed by atoms with Crippen molar-refractivity contribution in [1.29, 1.82) is 0 Å². The third-order valence-electron chi connectivity index (χ3n) is 3.47. The molecular weight excluding hydrogens is 348 g/mol. The summed E-state index contributed by atoms with van der Waals surface area (Å²) in [5.74, 6) is -1.21. The number of hydrogen-bond acceptors (Lipinski definition) is 4. The van der Waals surface area contributed by atoms with Gasteiger partial charge in [-0.25, -0.2) is 13.8 Å². The number of fused-ring (bicyclic) bond motifs is 1. The average Bonchev–Trinajstić information content (AvgIpc) is 3.00. The van der Waals surface area contributed by atoms with E-state index in [-0.39, 0.29) is 11.7 Å². The van der Waals surface area contributed by atoms with Crippen LogP contribution >= 0.6 is 11.8 Å². The molecule has 0 saturated heterocycles. The van der Waals surface area contributed by atoms with Crippen LogP contribution in [0.15, 0.2) is 41.6 Å². The highest BCUT2D eigenvalue weighted by Crippen LogP contribution is 2.21. The van der Waals surface area contributed by atoms with Crippen molar-refractivity contribution in [2.24, 2.45) is 0 Å². The Morgan fingerprint density at radius 1 is 1.28 bits per heavy atom. The van der Waals surface area contributed by atoms with Gasteiger partial charge >= 0.3 is 0 Å². The van der Waals surface area contributed by atoms with E-state index < -0.39 is 11.6 Å². The van der Waals surface area contributed by atoms with E-state index in [1.165, 1.54) is 0 Å². The lowest BCUT2D eigenvalue weighted by Crippen LogP contribution is -2.24. The molecule has 2 aromatic carbocycles. The summed E-state index contributed by atoms with van der Waals surface area (Å²) >= 11 is 1.16. The molecule has 0 aliphatic heterocycles. The molecule has 1 amide bonds. The number of thioether (sulfide) groups is 1. The maximum absolute atomic E-state index is 13.2. The van der Waals surface area contributed by atoms with Crippen LogP contribution in [0.2, 0.25) is 0 Å². The summed E-state index contributed by atoms with van der Waals surface area (Å²) in [5, 5.41) is 3.22. The van der Waals surface area contributed by atoms with Crippen LogP contribution in [0.1, 0.15) is 5.56 Å². The molecule has 130 valence electrons. The van der Waals surface area contributed by atoms with Crippen molar-refractivity contribution in [3.8, 4) is 5.75 Å². The normalized spacial score (nSPS) is 10.8. The summed E-state index contributed by atoms with van der Waals surface area (Å²) < 4.78 is 31.5. The quantitative estimate of drug-likeness (QED) is 0.660. The highest BCUT2D eigenvalue weighted by molar-refractivity contribution is 7.99. The van der Waals surface area contributed by atoms with Gasteiger partial charge in [-0.3, -0.25) is 4.79 Å². The Labute approximate surface area is 146 Å². The van der Waals surface area contributed by atoms with Crippen LogP contribution in [0.4, 0.5) is 8.78 Å². The molecule has 3 rings (SSSR count). The van der Waals surface area contributed by atoms with Crippen LogP contribution < -0.4 is 10.1 Å². The SMILES string of the molecule is COc1cccc(CNC(=O)CSc2nc3cc(F)c(F)cc3[nH]2)c1. The summed E-state index contributed by atoms with van der Waals surface area (Å²) in [6.45, 7) is 0.382. The first-order valence-electron chi connectivity index (χ1n) is 7.42. The smallest absolute Gasteiger partial charge is 0.230 e. The predicted molar refractivity (Wildman–Crippen MR) is 91.6 cm³/mol. The number of methoxy groups -OCH3 is 1. The fraction of sp³-hybridized carbons (Fsp3) is 0.176. The number of aromatic nitrogens is 2. The zero-order valence-electron chi connectivity index (χ0n) is 13.3. The van der Waals surface area contributed by atoms with Gasteiger partial charge in [0.1, 0.15) is 5.75 Å². The van der Waals surface area contributed by atoms with E-state index in [4.69, 9.17) is 4.74 Å². The largest absolute Gasteiger partial charge is 0.497 e. The third-order valence-corrected chi connectivity index (χ3v) is 4.34. The molecule has 0 bridgehead atoms. The lowest BCUT2D eigenvalue weighted by molar-refractivity contribution is -0.118. The Kier molecular flexibility index (Phi) is 5.18. The molecular formula is C17H15F2N3O2S. The van der Waals surface area contributed by atoms with Crippen LogP contribution in [0.25, 0.3) is 11.0 Å². The van der Waals surface area contributed by atoms with Gasteiger partial charge < -0.3 is 15.0 Å². The molecule has 1 aromatic heterocycles. The van der Waals surface area contributed by atoms with Crippen molar-refractivity contribution in [2.75, 3.05) is 12.9 Å². The van der Waals surface area contributed by atoms with Crippen molar-refractivity contribution in [1.82, 2.24) is 15.3 Å². The van der Waals surface area contributed by atoms with Crippen molar-refractivity contribution in [3.63, 3.8) is 0 Å². The number of carbonyl (C=O) groups excluding carboxylic acids is 1. The Morgan fingerprint density at radius 3 is 2.88 bits per heavy atom. The lowest BCUT2D eigenvalue weighted by atomic mass is 10.2. The van der Waals surface area contributed by atoms with Crippen molar-refractivity contribution in [3.05, 3.63) is 53.6 Å². The Balaban J connectivity index is 1.55. The molecule has 0 fully saturated rings. The first kappa shape index (κ1) is 17.2. The number of imidazole rings is 1.